The predicted octanol–water partition coefficient (Wildman–Crippen LogP) is 5.67. The summed E-state index contributed by atoms with van der Waals surface area (Å²) < 4.78 is 40.5. The van der Waals surface area contributed by atoms with E-state index in [1.807, 2.05) is 34.6 Å². The average Bonchev–Trinajstić information content (AvgIpc) is 2.13. The van der Waals surface area contributed by atoms with Crippen LogP contribution >= 0.6 is 0 Å². The number of halogens is 3. The third kappa shape index (κ3) is 2.63. The molecular weight excluding hydrogens is 225 g/mol. The van der Waals surface area contributed by atoms with Crippen molar-refractivity contribution in [2.75, 3.05) is 0 Å². The lowest BCUT2D eigenvalue weighted by Gasteiger charge is -2.53. The van der Waals surface area contributed by atoms with Crippen LogP contribution in [0.15, 0.2) is 0 Å². The van der Waals surface area contributed by atoms with Crippen LogP contribution in [0, 0.1) is 22.7 Å². The molecule has 0 spiro atoms. The summed E-state index contributed by atoms with van der Waals surface area (Å²) in [6.45, 7) is 12.6. The smallest absolute Gasteiger partial charge is 0.170 e. The van der Waals surface area contributed by atoms with Gasteiger partial charge in [-0.1, -0.05) is 54.9 Å². The van der Waals surface area contributed by atoms with Crippen LogP contribution in [-0.2, 0) is 0 Å². The molecule has 0 heterocycles. The fourth-order valence-electron chi connectivity index (χ4n) is 3.16. The van der Waals surface area contributed by atoms with Gasteiger partial charge in [-0.25, -0.2) is 0 Å². The van der Waals surface area contributed by atoms with Gasteiger partial charge < -0.3 is 0 Å². The zero-order valence-electron chi connectivity index (χ0n) is 12.2. The molecule has 0 saturated carbocycles. The van der Waals surface area contributed by atoms with E-state index in [2.05, 4.69) is 0 Å². The summed E-state index contributed by atoms with van der Waals surface area (Å²) in [5.74, 6) is 0.00125. The molecule has 0 fully saturated rings. The quantitative estimate of drug-likeness (QED) is 0.591. The molecule has 1 atom stereocenters. The Balaban J connectivity index is 5.72. The first kappa shape index (κ1) is 16.8. The second-order valence-corrected chi connectivity index (χ2v) is 6.17. The van der Waals surface area contributed by atoms with Gasteiger partial charge in [-0.15, -0.1) is 0 Å². The highest BCUT2D eigenvalue weighted by molar-refractivity contribution is 5.00. The normalized spacial score (nSPS) is 17.6. The van der Waals surface area contributed by atoms with E-state index in [9.17, 15) is 13.2 Å². The van der Waals surface area contributed by atoms with Crippen LogP contribution in [0.5, 0.6) is 0 Å². The first-order valence-electron chi connectivity index (χ1n) is 6.51. The third-order valence-electron chi connectivity index (χ3n) is 4.96. The molecule has 0 N–H and O–H groups in total. The van der Waals surface area contributed by atoms with E-state index in [0.29, 0.717) is 6.42 Å². The molecule has 0 radical (unpaired) electrons. The van der Waals surface area contributed by atoms with Crippen molar-refractivity contribution >= 4 is 0 Å². The van der Waals surface area contributed by atoms with E-state index in [0.717, 1.165) is 0 Å². The Labute approximate surface area is 104 Å². The SMILES string of the molecule is CCCC(C)(C(F)(F)F)C(C)(C(C)C)C(C)C. The van der Waals surface area contributed by atoms with Gasteiger partial charge in [0.2, 0.25) is 0 Å². The molecule has 104 valence electrons. The van der Waals surface area contributed by atoms with Crippen molar-refractivity contribution in [3.05, 3.63) is 0 Å². The highest BCUT2D eigenvalue weighted by Crippen LogP contribution is 2.60. The van der Waals surface area contributed by atoms with Gasteiger partial charge in [0.05, 0.1) is 5.41 Å². The van der Waals surface area contributed by atoms with Crippen LogP contribution in [-0.4, -0.2) is 6.18 Å². The Bertz CT molecular complexity index is 232. The third-order valence-corrected chi connectivity index (χ3v) is 4.96. The van der Waals surface area contributed by atoms with E-state index in [1.54, 1.807) is 6.92 Å². The zero-order chi connectivity index (χ0) is 14.1. The van der Waals surface area contributed by atoms with Crippen molar-refractivity contribution in [1.82, 2.24) is 0 Å². The van der Waals surface area contributed by atoms with Crippen LogP contribution in [0.1, 0.15) is 61.3 Å². The van der Waals surface area contributed by atoms with E-state index in [1.165, 1.54) is 6.92 Å². The molecule has 0 nitrogen and oxygen atoms in total. The maximum absolute atomic E-state index is 13.5. The predicted molar refractivity (Wildman–Crippen MR) is 66.9 cm³/mol. The lowest BCUT2D eigenvalue weighted by molar-refractivity contribution is -0.276. The van der Waals surface area contributed by atoms with Gasteiger partial charge in [0.25, 0.3) is 0 Å². The molecule has 0 amide bonds. The van der Waals surface area contributed by atoms with Crippen LogP contribution in [0.3, 0.4) is 0 Å². The molecule has 1 unspecified atom stereocenters. The second-order valence-electron chi connectivity index (χ2n) is 6.17. The van der Waals surface area contributed by atoms with Gasteiger partial charge in [0, 0.05) is 0 Å². The minimum atomic E-state index is -4.15. The fraction of sp³-hybridized carbons (Fsp3) is 1.00. The summed E-state index contributed by atoms with van der Waals surface area (Å²) in [6, 6.07) is 0. The van der Waals surface area contributed by atoms with Crippen molar-refractivity contribution in [2.45, 2.75) is 67.5 Å². The molecule has 0 bridgehead atoms. The number of hydrogen-bond acceptors (Lipinski definition) is 0. The van der Waals surface area contributed by atoms with Gasteiger partial charge in [0.1, 0.15) is 0 Å². The van der Waals surface area contributed by atoms with E-state index in [-0.39, 0.29) is 18.3 Å². The molecule has 0 aliphatic rings. The van der Waals surface area contributed by atoms with Gasteiger partial charge in [-0.05, 0) is 23.7 Å². The lowest BCUT2D eigenvalue weighted by Crippen LogP contribution is -2.53. The summed E-state index contributed by atoms with van der Waals surface area (Å²) in [6.07, 6.45) is -3.39. The van der Waals surface area contributed by atoms with E-state index in [4.69, 9.17) is 0 Å². The highest BCUT2D eigenvalue weighted by Gasteiger charge is 2.62. The largest absolute Gasteiger partial charge is 0.394 e. The van der Waals surface area contributed by atoms with Crippen LogP contribution < -0.4 is 0 Å². The summed E-state index contributed by atoms with van der Waals surface area (Å²) >= 11 is 0. The number of alkyl halides is 3. The maximum Gasteiger partial charge on any atom is 0.394 e. The Morgan fingerprint density at radius 3 is 1.41 bits per heavy atom. The van der Waals surface area contributed by atoms with Gasteiger partial charge in [-0.3, -0.25) is 0 Å². The molecule has 0 saturated heterocycles. The molecule has 3 heteroatoms. The minimum absolute atomic E-state index is 0.000625. The summed E-state index contributed by atoms with van der Waals surface area (Å²) in [5, 5.41) is 0. The number of rotatable bonds is 5. The maximum atomic E-state index is 13.5. The van der Waals surface area contributed by atoms with Crippen molar-refractivity contribution in [3.63, 3.8) is 0 Å². The molecule has 0 aromatic heterocycles. The Morgan fingerprint density at radius 1 is 0.882 bits per heavy atom. The summed E-state index contributed by atoms with van der Waals surface area (Å²) in [4.78, 5) is 0. The molecule has 0 aliphatic carbocycles. The van der Waals surface area contributed by atoms with Crippen molar-refractivity contribution in [1.29, 1.82) is 0 Å². The average molecular weight is 252 g/mol. The Morgan fingerprint density at radius 2 is 1.24 bits per heavy atom. The highest BCUT2D eigenvalue weighted by atomic mass is 19.4. The summed E-state index contributed by atoms with van der Waals surface area (Å²) in [5.41, 5.74) is -2.35. The molecule has 17 heavy (non-hydrogen) atoms. The van der Waals surface area contributed by atoms with Gasteiger partial charge >= 0.3 is 6.18 Å². The molecule has 0 aromatic rings. The van der Waals surface area contributed by atoms with Gasteiger partial charge in [-0.2, -0.15) is 13.2 Å². The summed E-state index contributed by atoms with van der Waals surface area (Å²) in [7, 11) is 0. The topological polar surface area (TPSA) is 0 Å². The minimum Gasteiger partial charge on any atom is -0.170 e. The Hall–Kier alpha value is -0.210. The standard InChI is InChI=1S/C14H27F3/c1-8-9-12(6,14(15,16)17)13(7,10(2)3)11(4)5/h10-11H,8-9H2,1-7H3. The van der Waals surface area contributed by atoms with Crippen LogP contribution in [0.2, 0.25) is 0 Å². The van der Waals surface area contributed by atoms with E-state index < -0.39 is 17.0 Å². The number of hydrogen-bond donors (Lipinski definition) is 0. The first-order chi connectivity index (χ1) is 7.45. The van der Waals surface area contributed by atoms with E-state index >= 15 is 0 Å². The lowest BCUT2D eigenvalue weighted by atomic mass is 9.53. The van der Waals surface area contributed by atoms with Gasteiger partial charge in [0.15, 0.2) is 0 Å². The van der Waals surface area contributed by atoms with Crippen molar-refractivity contribution in [2.24, 2.45) is 22.7 Å². The first-order valence-corrected chi connectivity index (χ1v) is 6.51. The second kappa shape index (κ2) is 5.19. The molecule has 0 aromatic carbocycles. The molecule has 0 aliphatic heterocycles. The van der Waals surface area contributed by atoms with Crippen molar-refractivity contribution < 1.29 is 13.2 Å². The van der Waals surface area contributed by atoms with Crippen LogP contribution in [0.4, 0.5) is 13.2 Å². The zero-order valence-corrected chi connectivity index (χ0v) is 12.2. The molecule has 0 rings (SSSR count). The Kier molecular flexibility index (Phi) is 5.13. The van der Waals surface area contributed by atoms with Crippen molar-refractivity contribution in [3.8, 4) is 0 Å². The fourth-order valence-corrected chi connectivity index (χ4v) is 3.16. The monoisotopic (exact) mass is 252 g/mol. The molecular formula is C14H27F3. The van der Waals surface area contributed by atoms with Crippen LogP contribution in [0.25, 0.3) is 0 Å².